The molecule has 1 aromatic heterocycles. The van der Waals surface area contributed by atoms with E-state index in [2.05, 4.69) is 15.6 Å². The molecule has 1 unspecified atom stereocenters. The molecule has 142 valence electrons. The average molecular weight is 393 g/mol. The van der Waals surface area contributed by atoms with Crippen LogP contribution in [0.3, 0.4) is 0 Å². The van der Waals surface area contributed by atoms with Gasteiger partial charge in [0, 0.05) is 10.9 Å². The Morgan fingerprint density at radius 1 is 1.18 bits per heavy atom. The Hall–Kier alpha value is -3.19. The van der Waals surface area contributed by atoms with E-state index in [0.717, 1.165) is 16.8 Å². The van der Waals surface area contributed by atoms with Crippen molar-refractivity contribution in [2.45, 2.75) is 26.4 Å². The summed E-state index contributed by atoms with van der Waals surface area (Å²) in [6.45, 7) is 3.96. The highest BCUT2D eigenvalue weighted by molar-refractivity contribution is 7.14. The molecule has 2 heterocycles. The molecular formula is C21H19N3O3S. The first kappa shape index (κ1) is 18.2. The molecule has 1 aliphatic rings. The number of carbonyl (C=O) groups excluding carboxylic acids is 2. The fourth-order valence-corrected chi connectivity index (χ4v) is 3.66. The number of thiazole rings is 1. The third-order valence-electron chi connectivity index (χ3n) is 4.42. The topological polar surface area (TPSA) is 80.3 Å². The van der Waals surface area contributed by atoms with Crippen LogP contribution in [0, 0.1) is 13.8 Å². The van der Waals surface area contributed by atoms with Crippen molar-refractivity contribution in [3.05, 3.63) is 59.0 Å². The highest BCUT2D eigenvalue weighted by Crippen LogP contribution is 2.31. The van der Waals surface area contributed by atoms with Crippen molar-refractivity contribution in [3.63, 3.8) is 0 Å². The van der Waals surface area contributed by atoms with Gasteiger partial charge in [0.25, 0.3) is 5.91 Å². The van der Waals surface area contributed by atoms with Crippen molar-refractivity contribution < 1.29 is 14.3 Å². The molecule has 1 atom stereocenters. The van der Waals surface area contributed by atoms with Crippen molar-refractivity contribution >= 4 is 34.0 Å². The first-order chi connectivity index (χ1) is 13.5. The highest BCUT2D eigenvalue weighted by Gasteiger charge is 2.30. The third kappa shape index (κ3) is 3.89. The van der Waals surface area contributed by atoms with Crippen LogP contribution in [0.2, 0.25) is 0 Å². The van der Waals surface area contributed by atoms with E-state index in [0.29, 0.717) is 16.6 Å². The standard InChI is InChI=1S/C21H19N3O3S/c1-12-3-6-14(7-4-12)16-11-28-21(23-16)24-19(25)10-18-20(26)22-15-9-13(2)5-8-17(15)27-18/h3-9,11,18H,10H2,1-2H3,(H,22,26)(H,23,24,25). The molecule has 0 saturated carbocycles. The SMILES string of the molecule is Cc1ccc(-c2csc(NC(=O)CC3Oc4ccc(C)cc4NC3=O)n2)cc1. The molecule has 2 N–H and O–H groups in total. The van der Waals surface area contributed by atoms with Crippen molar-refractivity contribution in [1.82, 2.24) is 4.98 Å². The van der Waals surface area contributed by atoms with Crippen molar-refractivity contribution in [2.75, 3.05) is 10.6 Å². The molecule has 0 spiro atoms. The maximum absolute atomic E-state index is 12.4. The van der Waals surface area contributed by atoms with Crippen LogP contribution in [-0.4, -0.2) is 22.9 Å². The molecule has 0 radical (unpaired) electrons. The molecule has 0 aliphatic carbocycles. The van der Waals surface area contributed by atoms with E-state index in [9.17, 15) is 9.59 Å². The van der Waals surface area contributed by atoms with Gasteiger partial charge in [-0.25, -0.2) is 4.98 Å². The average Bonchev–Trinajstić information content (AvgIpc) is 3.11. The largest absolute Gasteiger partial charge is 0.478 e. The number of nitrogens with one attached hydrogen (secondary N) is 2. The summed E-state index contributed by atoms with van der Waals surface area (Å²) in [5, 5.41) is 7.93. The number of aromatic nitrogens is 1. The summed E-state index contributed by atoms with van der Waals surface area (Å²) < 4.78 is 5.70. The summed E-state index contributed by atoms with van der Waals surface area (Å²) in [7, 11) is 0. The zero-order chi connectivity index (χ0) is 19.7. The lowest BCUT2D eigenvalue weighted by atomic mass is 10.1. The Balaban J connectivity index is 1.40. The van der Waals surface area contributed by atoms with Gasteiger partial charge in [0.15, 0.2) is 11.2 Å². The van der Waals surface area contributed by atoms with Gasteiger partial charge >= 0.3 is 0 Å². The number of hydrogen-bond donors (Lipinski definition) is 2. The molecule has 0 fully saturated rings. The monoisotopic (exact) mass is 393 g/mol. The normalized spacial score (nSPS) is 15.4. The fraction of sp³-hybridized carbons (Fsp3) is 0.190. The van der Waals surface area contributed by atoms with Gasteiger partial charge in [-0.3, -0.25) is 9.59 Å². The van der Waals surface area contributed by atoms with Crippen molar-refractivity contribution in [1.29, 1.82) is 0 Å². The van der Waals surface area contributed by atoms with Crippen LogP contribution in [0.25, 0.3) is 11.3 Å². The zero-order valence-corrected chi connectivity index (χ0v) is 16.3. The van der Waals surface area contributed by atoms with E-state index in [1.807, 2.05) is 55.6 Å². The first-order valence-electron chi connectivity index (χ1n) is 8.88. The molecular weight excluding hydrogens is 374 g/mol. The summed E-state index contributed by atoms with van der Waals surface area (Å²) in [4.78, 5) is 29.1. The van der Waals surface area contributed by atoms with Gasteiger partial charge < -0.3 is 15.4 Å². The molecule has 28 heavy (non-hydrogen) atoms. The minimum atomic E-state index is -0.869. The van der Waals surface area contributed by atoms with Crippen molar-refractivity contribution in [3.8, 4) is 17.0 Å². The molecule has 2 aromatic carbocycles. The van der Waals surface area contributed by atoms with Crippen molar-refractivity contribution in [2.24, 2.45) is 0 Å². The Morgan fingerprint density at radius 3 is 2.71 bits per heavy atom. The Labute approximate surface area is 166 Å². The summed E-state index contributed by atoms with van der Waals surface area (Å²) in [5.41, 5.74) is 4.62. The molecule has 3 aromatic rings. The van der Waals surface area contributed by atoms with Crippen LogP contribution in [-0.2, 0) is 9.59 Å². The van der Waals surface area contributed by atoms with Crippen LogP contribution in [0.15, 0.2) is 47.8 Å². The van der Waals surface area contributed by atoms with Gasteiger partial charge in [0.1, 0.15) is 5.75 Å². The summed E-state index contributed by atoms with van der Waals surface area (Å²) in [5.74, 6) is -0.0767. The lowest BCUT2D eigenvalue weighted by Crippen LogP contribution is -2.39. The predicted octanol–water partition coefficient (Wildman–Crippen LogP) is 4.16. The molecule has 6 nitrogen and oxygen atoms in total. The second-order valence-electron chi connectivity index (χ2n) is 6.75. The molecule has 0 bridgehead atoms. The van der Waals surface area contributed by atoms with Gasteiger partial charge in [0.05, 0.1) is 17.8 Å². The summed E-state index contributed by atoms with van der Waals surface area (Å²) >= 11 is 1.35. The van der Waals surface area contributed by atoms with E-state index < -0.39 is 6.10 Å². The highest BCUT2D eigenvalue weighted by atomic mass is 32.1. The van der Waals surface area contributed by atoms with E-state index >= 15 is 0 Å². The van der Waals surface area contributed by atoms with Gasteiger partial charge in [-0.2, -0.15) is 0 Å². The Morgan fingerprint density at radius 2 is 1.93 bits per heavy atom. The lowest BCUT2D eigenvalue weighted by Gasteiger charge is -2.25. The molecule has 1 aliphatic heterocycles. The molecule has 0 saturated heterocycles. The van der Waals surface area contributed by atoms with E-state index in [1.54, 1.807) is 6.07 Å². The minimum absolute atomic E-state index is 0.0847. The van der Waals surface area contributed by atoms with E-state index in [-0.39, 0.29) is 18.2 Å². The fourth-order valence-electron chi connectivity index (χ4n) is 2.93. The molecule has 4 rings (SSSR count). The number of benzene rings is 2. The molecule has 7 heteroatoms. The number of carbonyl (C=O) groups is 2. The van der Waals surface area contributed by atoms with Crippen LogP contribution >= 0.6 is 11.3 Å². The second-order valence-corrected chi connectivity index (χ2v) is 7.61. The summed E-state index contributed by atoms with van der Waals surface area (Å²) in [6, 6.07) is 13.6. The number of amides is 2. The number of rotatable bonds is 4. The number of aryl methyl sites for hydroxylation is 2. The number of ether oxygens (including phenoxy) is 1. The number of hydrogen-bond acceptors (Lipinski definition) is 5. The predicted molar refractivity (Wildman–Crippen MR) is 110 cm³/mol. The van der Waals surface area contributed by atoms with Gasteiger partial charge in [0.2, 0.25) is 5.91 Å². The van der Waals surface area contributed by atoms with E-state index in [4.69, 9.17) is 4.74 Å². The van der Waals surface area contributed by atoms with Crippen LogP contribution in [0.5, 0.6) is 5.75 Å². The van der Waals surface area contributed by atoms with Gasteiger partial charge in [-0.05, 0) is 31.5 Å². The maximum atomic E-state index is 12.4. The number of nitrogens with zero attached hydrogens (tertiary/aromatic N) is 1. The Kier molecular flexibility index (Phi) is 4.83. The summed E-state index contributed by atoms with van der Waals surface area (Å²) in [6.07, 6.45) is -0.953. The first-order valence-corrected chi connectivity index (χ1v) is 9.76. The molecule has 2 amide bonds. The quantitative estimate of drug-likeness (QED) is 0.698. The maximum Gasteiger partial charge on any atom is 0.266 e. The zero-order valence-electron chi connectivity index (χ0n) is 15.5. The van der Waals surface area contributed by atoms with Crippen LogP contribution < -0.4 is 15.4 Å². The van der Waals surface area contributed by atoms with Crippen LogP contribution in [0.1, 0.15) is 17.5 Å². The third-order valence-corrected chi connectivity index (χ3v) is 5.18. The minimum Gasteiger partial charge on any atom is -0.478 e. The van der Waals surface area contributed by atoms with Gasteiger partial charge in [-0.15, -0.1) is 11.3 Å². The number of anilines is 2. The van der Waals surface area contributed by atoms with E-state index in [1.165, 1.54) is 16.9 Å². The van der Waals surface area contributed by atoms with Gasteiger partial charge in [-0.1, -0.05) is 35.9 Å². The lowest BCUT2D eigenvalue weighted by molar-refractivity contribution is -0.128. The second kappa shape index (κ2) is 7.44. The smallest absolute Gasteiger partial charge is 0.266 e. The number of fused-ring (bicyclic) bond motifs is 1. The van der Waals surface area contributed by atoms with Crippen LogP contribution in [0.4, 0.5) is 10.8 Å². The Bertz CT molecular complexity index is 1040.